The molecule has 3 heterocycles. The van der Waals surface area contributed by atoms with Gasteiger partial charge in [0.05, 0.1) is 11.9 Å². The fourth-order valence-corrected chi connectivity index (χ4v) is 3.44. The van der Waals surface area contributed by atoms with E-state index in [1.165, 1.54) is 4.88 Å². The maximum absolute atomic E-state index is 4.58. The number of nitrogens with zero attached hydrogens (tertiary/aromatic N) is 3. The number of fused-ring (bicyclic) bond motifs is 1. The maximum Gasteiger partial charge on any atom is 0.226 e. The Morgan fingerprint density at radius 2 is 2.14 bits per heavy atom. The van der Waals surface area contributed by atoms with Gasteiger partial charge in [-0.15, -0.1) is 22.7 Å². The Kier molecular flexibility index (Phi) is 4.31. The number of aryl methyl sites for hydroxylation is 1. The second-order valence-corrected chi connectivity index (χ2v) is 6.89. The molecule has 0 atom stereocenters. The molecule has 0 spiro atoms. The molecule has 3 aromatic rings. The van der Waals surface area contributed by atoms with Crippen LogP contribution in [0.1, 0.15) is 23.2 Å². The second kappa shape index (κ2) is 6.36. The molecule has 0 saturated heterocycles. The quantitative estimate of drug-likeness (QED) is 0.721. The van der Waals surface area contributed by atoms with E-state index in [4.69, 9.17) is 0 Å². The van der Waals surface area contributed by atoms with E-state index in [2.05, 4.69) is 45.5 Å². The molecule has 110 valence electrons. The second-order valence-electron chi connectivity index (χ2n) is 4.68. The van der Waals surface area contributed by atoms with Gasteiger partial charge in [0.2, 0.25) is 5.95 Å². The van der Waals surface area contributed by atoms with E-state index in [1.807, 2.05) is 11.6 Å². The highest BCUT2D eigenvalue weighted by atomic mass is 32.1. The lowest BCUT2D eigenvalue weighted by molar-refractivity contribution is 0.956. The van der Waals surface area contributed by atoms with E-state index in [0.29, 0.717) is 12.5 Å². The van der Waals surface area contributed by atoms with Crippen molar-refractivity contribution >= 4 is 44.7 Å². The van der Waals surface area contributed by atoms with Crippen molar-refractivity contribution < 1.29 is 0 Å². The van der Waals surface area contributed by atoms with Crippen LogP contribution in [0.4, 0.5) is 11.8 Å². The number of nitrogens with one attached hydrogen (secondary N) is 2. The topological polar surface area (TPSA) is 62.7 Å². The predicted molar refractivity (Wildman–Crippen MR) is 90.4 cm³/mol. The van der Waals surface area contributed by atoms with Crippen LogP contribution in [0.3, 0.4) is 0 Å². The molecule has 7 heteroatoms. The molecule has 5 nitrogen and oxygen atoms in total. The average molecular weight is 319 g/mol. The minimum atomic E-state index is 0.685. The molecule has 0 aliphatic heterocycles. The van der Waals surface area contributed by atoms with Crippen molar-refractivity contribution in [3.8, 4) is 0 Å². The van der Waals surface area contributed by atoms with Crippen molar-refractivity contribution in [2.24, 2.45) is 0 Å². The van der Waals surface area contributed by atoms with E-state index < -0.39 is 0 Å². The Balaban J connectivity index is 1.83. The van der Waals surface area contributed by atoms with Crippen LogP contribution >= 0.6 is 22.7 Å². The number of thiazole rings is 1. The number of thiophene rings is 1. The Morgan fingerprint density at radius 3 is 2.90 bits per heavy atom. The van der Waals surface area contributed by atoms with Crippen LogP contribution in [-0.2, 0) is 6.54 Å². The highest BCUT2D eigenvalue weighted by Gasteiger charge is 2.09. The molecule has 3 rings (SSSR count). The monoisotopic (exact) mass is 319 g/mol. The summed E-state index contributed by atoms with van der Waals surface area (Å²) in [5.41, 5.74) is 0. The molecule has 21 heavy (non-hydrogen) atoms. The zero-order valence-electron chi connectivity index (χ0n) is 12.0. The smallest absolute Gasteiger partial charge is 0.226 e. The van der Waals surface area contributed by atoms with Gasteiger partial charge in [-0.1, -0.05) is 6.92 Å². The van der Waals surface area contributed by atoms with Gasteiger partial charge in [0.25, 0.3) is 0 Å². The molecule has 0 fully saturated rings. The lowest BCUT2D eigenvalue weighted by Gasteiger charge is -2.08. The van der Waals surface area contributed by atoms with E-state index in [-0.39, 0.29) is 0 Å². The third-order valence-electron chi connectivity index (χ3n) is 2.93. The van der Waals surface area contributed by atoms with E-state index >= 15 is 0 Å². The number of hydrogen-bond donors (Lipinski definition) is 2. The van der Waals surface area contributed by atoms with Crippen LogP contribution in [0.2, 0.25) is 0 Å². The minimum absolute atomic E-state index is 0.685. The summed E-state index contributed by atoms with van der Waals surface area (Å²) >= 11 is 3.33. The summed E-state index contributed by atoms with van der Waals surface area (Å²) in [5.74, 6) is 1.55. The van der Waals surface area contributed by atoms with Crippen molar-refractivity contribution in [1.82, 2.24) is 15.0 Å². The zero-order chi connectivity index (χ0) is 14.7. The highest BCUT2D eigenvalue weighted by molar-refractivity contribution is 7.16. The average Bonchev–Trinajstić information content (AvgIpc) is 3.11. The minimum Gasteiger partial charge on any atom is -0.363 e. The first-order valence-electron chi connectivity index (χ1n) is 6.90. The third-order valence-corrected chi connectivity index (χ3v) is 4.65. The van der Waals surface area contributed by atoms with Crippen LogP contribution in [0.5, 0.6) is 0 Å². The molecular weight excluding hydrogens is 302 g/mol. The number of rotatable bonds is 6. The number of aromatic nitrogens is 3. The van der Waals surface area contributed by atoms with Gasteiger partial charge in [0.15, 0.2) is 0 Å². The standard InChI is InChI=1S/C14H17N5S2/c1-3-5-15-14-18-12(10-4-6-20-13(10)19-14)17-8-11-16-7-9(2)21-11/h4,6-7H,3,5,8H2,1-2H3,(H2,15,17,18,19). The first kappa shape index (κ1) is 14.2. The molecule has 0 bridgehead atoms. The molecule has 0 aliphatic rings. The number of hydrogen-bond acceptors (Lipinski definition) is 7. The first-order valence-corrected chi connectivity index (χ1v) is 8.60. The van der Waals surface area contributed by atoms with Crippen LogP contribution < -0.4 is 10.6 Å². The summed E-state index contributed by atoms with van der Waals surface area (Å²) in [5, 5.41) is 10.8. The lowest BCUT2D eigenvalue weighted by atomic mass is 10.4. The van der Waals surface area contributed by atoms with Crippen molar-refractivity contribution in [3.05, 3.63) is 27.5 Å². The molecular formula is C14H17N5S2. The van der Waals surface area contributed by atoms with Gasteiger partial charge in [-0.25, -0.2) is 9.97 Å². The van der Waals surface area contributed by atoms with Gasteiger partial charge in [0, 0.05) is 17.6 Å². The summed E-state index contributed by atoms with van der Waals surface area (Å²) < 4.78 is 0. The van der Waals surface area contributed by atoms with Crippen molar-refractivity contribution in [3.63, 3.8) is 0 Å². The van der Waals surface area contributed by atoms with E-state index in [1.54, 1.807) is 22.7 Å². The summed E-state index contributed by atoms with van der Waals surface area (Å²) in [4.78, 5) is 15.7. The molecule has 0 radical (unpaired) electrons. The summed E-state index contributed by atoms with van der Waals surface area (Å²) in [6, 6.07) is 2.05. The van der Waals surface area contributed by atoms with Gasteiger partial charge in [-0.3, -0.25) is 0 Å². The molecule has 0 amide bonds. The SMILES string of the molecule is CCCNc1nc(NCc2ncc(C)s2)c2ccsc2n1. The van der Waals surface area contributed by atoms with Gasteiger partial charge in [-0.05, 0) is 24.8 Å². The van der Waals surface area contributed by atoms with E-state index in [0.717, 1.165) is 34.0 Å². The van der Waals surface area contributed by atoms with Crippen LogP contribution in [-0.4, -0.2) is 21.5 Å². The summed E-state index contributed by atoms with van der Waals surface area (Å²) in [7, 11) is 0. The first-order chi connectivity index (χ1) is 10.3. The Bertz CT molecular complexity index is 734. The zero-order valence-corrected chi connectivity index (χ0v) is 13.6. The molecule has 3 aromatic heterocycles. The predicted octanol–water partition coefficient (Wildman–Crippen LogP) is 3.89. The molecule has 2 N–H and O–H groups in total. The van der Waals surface area contributed by atoms with E-state index in [9.17, 15) is 0 Å². The summed E-state index contributed by atoms with van der Waals surface area (Å²) in [6.07, 6.45) is 2.95. The largest absolute Gasteiger partial charge is 0.363 e. The van der Waals surface area contributed by atoms with Gasteiger partial charge in [-0.2, -0.15) is 4.98 Å². The fourth-order valence-electron chi connectivity index (χ4n) is 1.95. The van der Waals surface area contributed by atoms with Crippen molar-refractivity contribution in [1.29, 1.82) is 0 Å². The molecule has 0 aliphatic carbocycles. The lowest BCUT2D eigenvalue weighted by Crippen LogP contribution is -2.07. The van der Waals surface area contributed by atoms with Crippen LogP contribution in [0.25, 0.3) is 10.2 Å². The normalized spacial score (nSPS) is 11.0. The fraction of sp³-hybridized carbons (Fsp3) is 0.357. The van der Waals surface area contributed by atoms with Gasteiger partial charge in [0.1, 0.15) is 15.7 Å². The van der Waals surface area contributed by atoms with Gasteiger partial charge < -0.3 is 10.6 Å². The van der Waals surface area contributed by atoms with Crippen molar-refractivity contribution in [2.45, 2.75) is 26.8 Å². The van der Waals surface area contributed by atoms with Crippen LogP contribution in [0.15, 0.2) is 17.6 Å². The number of anilines is 2. The Hall–Kier alpha value is -1.73. The summed E-state index contributed by atoms with van der Waals surface area (Å²) in [6.45, 7) is 5.76. The molecule has 0 saturated carbocycles. The van der Waals surface area contributed by atoms with Crippen molar-refractivity contribution in [2.75, 3.05) is 17.2 Å². The van der Waals surface area contributed by atoms with Crippen LogP contribution in [0, 0.1) is 6.92 Å². The molecule has 0 unspecified atom stereocenters. The molecule has 0 aromatic carbocycles. The Morgan fingerprint density at radius 1 is 1.24 bits per heavy atom. The Labute approximate surface area is 131 Å². The third kappa shape index (κ3) is 3.30. The highest BCUT2D eigenvalue weighted by Crippen LogP contribution is 2.27. The van der Waals surface area contributed by atoms with Gasteiger partial charge >= 0.3 is 0 Å². The maximum atomic E-state index is 4.58.